The quantitative estimate of drug-likeness (QED) is 0.868. The lowest BCUT2D eigenvalue weighted by atomic mass is 9.94. The van der Waals surface area contributed by atoms with Crippen LogP contribution in [-0.2, 0) is 6.42 Å². The predicted octanol–water partition coefficient (Wildman–Crippen LogP) is 1.61. The third-order valence-electron chi connectivity index (χ3n) is 3.71. The summed E-state index contributed by atoms with van der Waals surface area (Å²) in [4.78, 5) is 2.57. The van der Waals surface area contributed by atoms with Gasteiger partial charge in [-0.25, -0.2) is 0 Å². The first-order valence-corrected chi connectivity index (χ1v) is 6.98. The second-order valence-electron chi connectivity index (χ2n) is 4.74. The van der Waals surface area contributed by atoms with Crippen LogP contribution in [0.3, 0.4) is 0 Å². The van der Waals surface area contributed by atoms with Crippen LogP contribution in [0.15, 0.2) is 0 Å². The Morgan fingerprint density at radius 2 is 2.25 bits per heavy atom. The molecule has 2 bridgehead atoms. The monoisotopic (exact) mass is 238 g/mol. The molecule has 3 atom stereocenters. The first-order valence-electron chi connectivity index (χ1n) is 6.16. The number of nitrogens with one attached hydrogen (secondary N) is 1. The van der Waals surface area contributed by atoms with Crippen molar-refractivity contribution < 1.29 is 0 Å². The highest BCUT2D eigenvalue weighted by molar-refractivity contribution is 7.15. The molecule has 88 valence electrons. The summed E-state index contributed by atoms with van der Waals surface area (Å²) in [7, 11) is 0. The number of aryl methyl sites for hydroxylation is 1. The molecule has 5 heteroatoms. The van der Waals surface area contributed by atoms with Crippen LogP contribution in [0.4, 0.5) is 5.13 Å². The van der Waals surface area contributed by atoms with E-state index in [4.69, 9.17) is 0 Å². The van der Waals surface area contributed by atoms with Gasteiger partial charge in [0, 0.05) is 19.1 Å². The molecule has 16 heavy (non-hydrogen) atoms. The first-order chi connectivity index (χ1) is 7.85. The van der Waals surface area contributed by atoms with E-state index < -0.39 is 0 Å². The summed E-state index contributed by atoms with van der Waals surface area (Å²) in [5.41, 5.74) is 0. The van der Waals surface area contributed by atoms with Crippen molar-refractivity contribution in [2.45, 2.75) is 32.2 Å². The van der Waals surface area contributed by atoms with E-state index in [0.717, 1.165) is 22.5 Å². The Bertz CT molecular complexity index is 365. The largest absolute Gasteiger partial charge is 0.357 e. The Kier molecular flexibility index (Phi) is 2.81. The summed E-state index contributed by atoms with van der Waals surface area (Å²) >= 11 is 1.71. The number of nitrogens with zero attached hydrogens (tertiary/aromatic N) is 3. The second-order valence-corrected chi connectivity index (χ2v) is 5.81. The third-order valence-corrected chi connectivity index (χ3v) is 4.71. The van der Waals surface area contributed by atoms with Crippen LogP contribution >= 0.6 is 11.3 Å². The molecule has 0 amide bonds. The minimum absolute atomic E-state index is 0.622. The van der Waals surface area contributed by atoms with E-state index in [1.807, 2.05) is 0 Å². The highest BCUT2D eigenvalue weighted by Gasteiger charge is 2.34. The zero-order valence-electron chi connectivity index (χ0n) is 9.65. The van der Waals surface area contributed by atoms with Crippen LogP contribution in [0.1, 0.15) is 24.8 Å². The topological polar surface area (TPSA) is 41.1 Å². The molecule has 1 aromatic heterocycles. The van der Waals surface area contributed by atoms with E-state index in [2.05, 4.69) is 27.3 Å². The summed E-state index contributed by atoms with van der Waals surface area (Å²) in [5, 5.41) is 14.1. The van der Waals surface area contributed by atoms with Crippen LogP contribution < -0.4 is 5.32 Å². The predicted molar refractivity (Wildman–Crippen MR) is 65.9 cm³/mol. The van der Waals surface area contributed by atoms with Crippen molar-refractivity contribution in [1.82, 2.24) is 15.1 Å². The van der Waals surface area contributed by atoms with Crippen molar-refractivity contribution in [2.75, 3.05) is 25.0 Å². The highest BCUT2D eigenvalue weighted by Crippen LogP contribution is 2.30. The molecular formula is C11H18N4S. The van der Waals surface area contributed by atoms with Gasteiger partial charge in [0.1, 0.15) is 5.01 Å². The maximum absolute atomic E-state index is 4.21. The van der Waals surface area contributed by atoms with Crippen molar-refractivity contribution in [3.63, 3.8) is 0 Å². The van der Waals surface area contributed by atoms with Gasteiger partial charge in [-0.05, 0) is 31.7 Å². The van der Waals surface area contributed by atoms with Crippen molar-refractivity contribution >= 4 is 16.5 Å². The third kappa shape index (κ3) is 1.94. The lowest BCUT2D eigenvalue weighted by Gasteiger charge is -2.30. The molecule has 2 aliphatic rings. The van der Waals surface area contributed by atoms with Crippen LogP contribution in [0.25, 0.3) is 0 Å². The molecule has 0 aliphatic carbocycles. The van der Waals surface area contributed by atoms with Crippen LogP contribution in [0.2, 0.25) is 0 Å². The molecule has 2 aliphatic heterocycles. The summed E-state index contributed by atoms with van der Waals surface area (Å²) in [6, 6.07) is 0.622. The number of hydrogen-bond donors (Lipinski definition) is 1. The molecule has 4 nitrogen and oxygen atoms in total. The Labute approximate surface area is 100 Å². The van der Waals surface area contributed by atoms with Crippen LogP contribution in [-0.4, -0.2) is 40.8 Å². The van der Waals surface area contributed by atoms with Gasteiger partial charge in [-0.3, -0.25) is 0 Å². The van der Waals surface area contributed by atoms with Gasteiger partial charge in [0.15, 0.2) is 0 Å². The minimum Gasteiger partial charge on any atom is -0.357 e. The molecular weight excluding hydrogens is 220 g/mol. The Hall–Kier alpha value is -0.680. The molecule has 2 fully saturated rings. The molecule has 0 aromatic carbocycles. The highest BCUT2D eigenvalue weighted by atomic mass is 32.1. The summed E-state index contributed by atoms with van der Waals surface area (Å²) < 4.78 is 0. The molecule has 0 spiro atoms. The standard InChI is InChI=1S/C11H18N4S/c1-2-10-13-14-11(16-10)12-9-4-6-15-5-3-8(9)7-15/h8-9H,2-7H2,1H3,(H,12,14). The van der Waals surface area contributed by atoms with Gasteiger partial charge in [-0.2, -0.15) is 0 Å². The molecule has 3 rings (SSSR count). The van der Waals surface area contributed by atoms with Crippen molar-refractivity contribution in [3.8, 4) is 0 Å². The van der Waals surface area contributed by atoms with E-state index in [-0.39, 0.29) is 0 Å². The van der Waals surface area contributed by atoms with Gasteiger partial charge in [0.05, 0.1) is 0 Å². The number of rotatable bonds is 3. The Morgan fingerprint density at radius 3 is 3.06 bits per heavy atom. The van der Waals surface area contributed by atoms with Gasteiger partial charge < -0.3 is 10.2 Å². The molecule has 1 N–H and O–H groups in total. The van der Waals surface area contributed by atoms with Crippen LogP contribution in [0, 0.1) is 5.92 Å². The smallest absolute Gasteiger partial charge is 0.205 e. The Morgan fingerprint density at radius 1 is 1.38 bits per heavy atom. The number of hydrogen-bond acceptors (Lipinski definition) is 5. The van der Waals surface area contributed by atoms with E-state index >= 15 is 0 Å². The average Bonchev–Trinajstić information content (AvgIpc) is 2.89. The van der Waals surface area contributed by atoms with E-state index in [9.17, 15) is 0 Å². The molecule has 1 aromatic rings. The lowest BCUT2D eigenvalue weighted by molar-refractivity contribution is 0.255. The fraction of sp³-hybridized carbons (Fsp3) is 0.818. The maximum Gasteiger partial charge on any atom is 0.205 e. The van der Waals surface area contributed by atoms with Crippen molar-refractivity contribution in [1.29, 1.82) is 0 Å². The normalized spacial score (nSPS) is 32.9. The maximum atomic E-state index is 4.21. The molecule has 3 unspecified atom stereocenters. The average molecular weight is 238 g/mol. The van der Waals surface area contributed by atoms with Crippen LogP contribution in [0.5, 0.6) is 0 Å². The van der Waals surface area contributed by atoms with Gasteiger partial charge in [0.2, 0.25) is 5.13 Å². The lowest BCUT2D eigenvalue weighted by Crippen LogP contribution is -2.39. The zero-order valence-corrected chi connectivity index (χ0v) is 10.5. The fourth-order valence-corrected chi connectivity index (χ4v) is 3.50. The Balaban J connectivity index is 1.65. The van der Waals surface area contributed by atoms with Gasteiger partial charge in [0.25, 0.3) is 0 Å². The van der Waals surface area contributed by atoms with Gasteiger partial charge in [-0.15, -0.1) is 10.2 Å². The molecule has 0 saturated carbocycles. The number of anilines is 1. The summed E-state index contributed by atoms with van der Waals surface area (Å²) in [6.07, 6.45) is 3.59. The summed E-state index contributed by atoms with van der Waals surface area (Å²) in [6.45, 7) is 5.93. The first kappa shape index (κ1) is 10.5. The molecule has 3 heterocycles. The van der Waals surface area contributed by atoms with E-state index in [1.165, 1.54) is 32.5 Å². The number of piperidine rings is 1. The second kappa shape index (κ2) is 4.30. The molecule has 2 saturated heterocycles. The van der Waals surface area contributed by atoms with Crippen molar-refractivity contribution in [3.05, 3.63) is 5.01 Å². The van der Waals surface area contributed by atoms with Crippen molar-refractivity contribution in [2.24, 2.45) is 5.92 Å². The number of aromatic nitrogens is 2. The van der Waals surface area contributed by atoms with E-state index in [1.54, 1.807) is 11.3 Å². The number of fused-ring (bicyclic) bond motifs is 2. The van der Waals surface area contributed by atoms with E-state index in [0.29, 0.717) is 6.04 Å². The fourth-order valence-electron chi connectivity index (χ4n) is 2.75. The summed E-state index contributed by atoms with van der Waals surface area (Å²) in [5.74, 6) is 0.822. The minimum atomic E-state index is 0.622. The SMILES string of the molecule is CCc1nnc(NC2CCN3CCC2C3)s1. The zero-order chi connectivity index (χ0) is 11.0. The van der Waals surface area contributed by atoms with Gasteiger partial charge in [-0.1, -0.05) is 18.3 Å². The van der Waals surface area contributed by atoms with Gasteiger partial charge >= 0.3 is 0 Å². The molecule has 0 radical (unpaired) electrons.